The van der Waals surface area contributed by atoms with Crippen LogP contribution in [-0.4, -0.2) is 12.5 Å². The van der Waals surface area contributed by atoms with E-state index in [2.05, 4.69) is 30.6 Å². The van der Waals surface area contributed by atoms with Crippen molar-refractivity contribution >= 4 is 11.6 Å². The number of benzene rings is 2. The molecule has 2 aromatic rings. The standard InChI is InChI=1S/C22H20FNO2/c1-4-5-19(15(3)23)22(25)24-18-8-6-16(7-9-18)20-13-17-10-11-26-21(17)12-14(20)2/h4-9,12-13H,1,3,10-11H2,2H3,(H,24,25)/b19-5+. The van der Waals surface area contributed by atoms with E-state index >= 15 is 0 Å². The molecule has 132 valence electrons. The van der Waals surface area contributed by atoms with Gasteiger partial charge in [0, 0.05) is 12.1 Å². The maximum absolute atomic E-state index is 13.4. The summed E-state index contributed by atoms with van der Waals surface area (Å²) in [5, 5.41) is 2.67. The number of aryl methyl sites for hydroxylation is 1. The minimum absolute atomic E-state index is 0.140. The first-order valence-electron chi connectivity index (χ1n) is 8.35. The molecule has 4 heteroatoms. The van der Waals surface area contributed by atoms with Crippen LogP contribution in [0.4, 0.5) is 10.1 Å². The summed E-state index contributed by atoms with van der Waals surface area (Å²) in [7, 11) is 0. The Bertz CT molecular complexity index is 910. The molecule has 0 saturated heterocycles. The number of carbonyl (C=O) groups is 1. The van der Waals surface area contributed by atoms with Crippen LogP contribution in [0.2, 0.25) is 0 Å². The maximum atomic E-state index is 13.4. The second-order valence-electron chi connectivity index (χ2n) is 6.13. The number of halogens is 1. The highest BCUT2D eigenvalue weighted by molar-refractivity contribution is 6.06. The van der Waals surface area contributed by atoms with E-state index in [0.29, 0.717) is 5.69 Å². The van der Waals surface area contributed by atoms with Crippen LogP contribution in [0, 0.1) is 6.92 Å². The topological polar surface area (TPSA) is 38.3 Å². The van der Waals surface area contributed by atoms with Gasteiger partial charge in [-0.2, -0.15) is 0 Å². The number of allylic oxidation sites excluding steroid dienone is 2. The van der Waals surface area contributed by atoms with E-state index in [0.717, 1.165) is 35.5 Å². The first-order valence-corrected chi connectivity index (χ1v) is 8.35. The lowest BCUT2D eigenvalue weighted by Gasteiger charge is -2.11. The number of hydrogen-bond donors (Lipinski definition) is 1. The zero-order chi connectivity index (χ0) is 18.7. The van der Waals surface area contributed by atoms with E-state index in [1.165, 1.54) is 17.7 Å². The molecule has 26 heavy (non-hydrogen) atoms. The van der Waals surface area contributed by atoms with Gasteiger partial charge in [0.15, 0.2) is 0 Å². The van der Waals surface area contributed by atoms with Crippen molar-refractivity contribution in [2.75, 3.05) is 11.9 Å². The van der Waals surface area contributed by atoms with Crippen molar-refractivity contribution in [3.8, 4) is 16.9 Å². The Kier molecular flexibility index (Phi) is 5.03. The molecule has 3 nitrogen and oxygen atoms in total. The monoisotopic (exact) mass is 349 g/mol. The molecule has 1 N–H and O–H groups in total. The van der Waals surface area contributed by atoms with Crippen molar-refractivity contribution in [3.05, 3.63) is 84.2 Å². The van der Waals surface area contributed by atoms with E-state index < -0.39 is 11.7 Å². The SMILES string of the molecule is C=C/C=C(\C(=C)F)C(=O)Nc1ccc(-c2cc3c(cc2C)OCC3)cc1. The third-order valence-electron chi connectivity index (χ3n) is 4.31. The molecule has 1 heterocycles. The van der Waals surface area contributed by atoms with Gasteiger partial charge in [0.05, 0.1) is 12.2 Å². The van der Waals surface area contributed by atoms with Crippen LogP contribution in [0.5, 0.6) is 5.75 Å². The highest BCUT2D eigenvalue weighted by Crippen LogP contribution is 2.34. The molecule has 0 aliphatic carbocycles. The predicted octanol–water partition coefficient (Wildman–Crippen LogP) is 5.13. The molecular weight excluding hydrogens is 329 g/mol. The average Bonchev–Trinajstić information content (AvgIpc) is 3.06. The van der Waals surface area contributed by atoms with E-state index in [1.54, 1.807) is 12.1 Å². The Hall–Kier alpha value is -3.14. The van der Waals surface area contributed by atoms with Crippen LogP contribution in [0.25, 0.3) is 11.1 Å². The van der Waals surface area contributed by atoms with Crippen molar-refractivity contribution in [2.45, 2.75) is 13.3 Å². The van der Waals surface area contributed by atoms with Gasteiger partial charge in [-0.1, -0.05) is 31.4 Å². The highest BCUT2D eigenvalue weighted by atomic mass is 19.1. The summed E-state index contributed by atoms with van der Waals surface area (Å²) in [6.45, 7) is 9.43. The quantitative estimate of drug-likeness (QED) is 0.600. The number of amides is 1. The van der Waals surface area contributed by atoms with Crippen LogP contribution < -0.4 is 10.1 Å². The zero-order valence-electron chi connectivity index (χ0n) is 14.6. The van der Waals surface area contributed by atoms with Crippen molar-refractivity contribution in [3.63, 3.8) is 0 Å². The van der Waals surface area contributed by atoms with E-state index in [9.17, 15) is 9.18 Å². The fraction of sp³-hybridized carbons (Fsp3) is 0.136. The van der Waals surface area contributed by atoms with E-state index in [1.807, 2.05) is 19.1 Å². The molecule has 1 aliphatic rings. The van der Waals surface area contributed by atoms with Gasteiger partial charge in [-0.15, -0.1) is 0 Å². The first-order chi connectivity index (χ1) is 12.5. The van der Waals surface area contributed by atoms with Gasteiger partial charge in [-0.05, 0) is 59.5 Å². The van der Waals surface area contributed by atoms with Gasteiger partial charge in [0.1, 0.15) is 11.6 Å². The van der Waals surface area contributed by atoms with E-state index in [-0.39, 0.29) is 5.57 Å². The molecule has 0 radical (unpaired) electrons. The number of hydrogen-bond acceptors (Lipinski definition) is 2. The Labute approximate surface area is 152 Å². The number of rotatable bonds is 5. The number of anilines is 1. The Balaban J connectivity index is 1.81. The Morgan fingerprint density at radius 1 is 1.27 bits per heavy atom. The molecule has 0 unspecified atom stereocenters. The van der Waals surface area contributed by atoms with E-state index in [4.69, 9.17) is 4.74 Å². The van der Waals surface area contributed by atoms with Crippen molar-refractivity contribution in [1.29, 1.82) is 0 Å². The number of ether oxygens (including phenoxy) is 1. The Morgan fingerprint density at radius 3 is 2.65 bits per heavy atom. The molecule has 1 aliphatic heterocycles. The smallest absolute Gasteiger partial charge is 0.258 e. The molecule has 0 bridgehead atoms. The van der Waals surface area contributed by atoms with Gasteiger partial charge in [0.25, 0.3) is 5.91 Å². The third-order valence-corrected chi connectivity index (χ3v) is 4.31. The van der Waals surface area contributed by atoms with Crippen molar-refractivity contribution in [1.82, 2.24) is 0 Å². The number of carbonyl (C=O) groups excluding carboxylic acids is 1. The normalized spacial score (nSPS) is 12.9. The van der Waals surface area contributed by atoms with Crippen molar-refractivity contribution < 1.29 is 13.9 Å². The summed E-state index contributed by atoms with van der Waals surface area (Å²) in [6, 6.07) is 11.7. The van der Waals surface area contributed by atoms with Crippen LogP contribution >= 0.6 is 0 Å². The summed E-state index contributed by atoms with van der Waals surface area (Å²) in [6.07, 6.45) is 3.56. The van der Waals surface area contributed by atoms with Gasteiger partial charge in [-0.3, -0.25) is 4.79 Å². The fourth-order valence-electron chi connectivity index (χ4n) is 2.98. The molecule has 2 aromatic carbocycles. The summed E-state index contributed by atoms with van der Waals surface area (Å²) >= 11 is 0. The molecule has 0 fully saturated rings. The minimum atomic E-state index is -0.796. The summed E-state index contributed by atoms with van der Waals surface area (Å²) in [5.41, 5.74) is 4.97. The van der Waals surface area contributed by atoms with Gasteiger partial charge in [0.2, 0.25) is 0 Å². The van der Waals surface area contributed by atoms with Crippen LogP contribution in [-0.2, 0) is 11.2 Å². The highest BCUT2D eigenvalue weighted by Gasteiger charge is 2.16. The second-order valence-corrected chi connectivity index (χ2v) is 6.13. The lowest BCUT2D eigenvalue weighted by atomic mass is 9.97. The average molecular weight is 349 g/mol. The summed E-state index contributed by atoms with van der Waals surface area (Å²) < 4.78 is 19.0. The van der Waals surface area contributed by atoms with Gasteiger partial charge in [-0.25, -0.2) is 4.39 Å². The molecule has 0 spiro atoms. The zero-order valence-corrected chi connectivity index (χ0v) is 14.6. The first kappa shape index (κ1) is 17.7. The fourth-order valence-corrected chi connectivity index (χ4v) is 2.98. The lowest BCUT2D eigenvalue weighted by molar-refractivity contribution is -0.112. The predicted molar refractivity (Wildman–Crippen MR) is 103 cm³/mol. The Morgan fingerprint density at radius 2 is 2.00 bits per heavy atom. The minimum Gasteiger partial charge on any atom is -0.493 e. The summed E-state index contributed by atoms with van der Waals surface area (Å²) in [5.74, 6) is -0.394. The second kappa shape index (κ2) is 7.40. The molecule has 0 atom stereocenters. The third kappa shape index (κ3) is 3.59. The largest absolute Gasteiger partial charge is 0.493 e. The summed E-state index contributed by atoms with van der Waals surface area (Å²) in [4.78, 5) is 12.1. The number of fused-ring (bicyclic) bond motifs is 1. The molecule has 0 aromatic heterocycles. The molecule has 3 rings (SSSR count). The van der Waals surface area contributed by atoms with Crippen LogP contribution in [0.3, 0.4) is 0 Å². The molecule has 1 amide bonds. The molecular formula is C22H20FNO2. The maximum Gasteiger partial charge on any atom is 0.258 e. The number of nitrogens with one attached hydrogen (secondary N) is 1. The van der Waals surface area contributed by atoms with Crippen LogP contribution in [0.1, 0.15) is 11.1 Å². The van der Waals surface area contributed by atoms with Gasteiger partial charge >= 0.3 is 0 Å². The van der Waals surface area contributed by atoms with Crippen LogP contribution in [0.15, 0.2) is 73.1 Å². The lowest BCUT2D eigenvalue weighted by Crippen LogP contribution is -2.14. The molecule has 0 saturated carbocycles. The van der Waals surface area contributed by atoms with Crippen molar-refractivity contribution in [2.24, 2.45) is 0 Å². The van der Waals surface area contributed by atoms with Gasteiger partial charge < -0.3 is 10.1 Å².